The molecule has 5 nitrogen and oxygen atoms in total. The molecule has 4 aliphatic rings. The molecule has 1 aromatic carbocycles. The molecule has 4 bridgehead atoms. The van der Waals surface area contributed by atoms with Crippen LogP contribution in [-0.2, 0) is 6.54 Å². The smallest absolute Gasteiger partial charge is 0.322 e. The van der Waals surface area contributed by atoms with Crippen LogP contribution in [0, 0.1) is 0 Å². The second-order valence-corrected chi connectivity index (χ2v) is 9.10. The first kappa shape index (κ1) is 20.4. The highest BCUT2D eigenvalue weighted by Crippen LogP contribution is 2.23. The van der Waals surface area contributed by atoms with Gasteiger partial charge in [-0.15, -0.1) is 0 Å². The molecule has 2 atom stereocenters. The van der Waals surface area contributed by atoms with Crippen LogP contribution in [0.15, 0.2) is 29.3 Å². The van der Waals surface area contributed by atoms with Crippen LogP contribution in [-0.4, -0.2) is 53.9 Å². The minimum atomic E-state index is 0.0449. The van der Waals surface area contributed by atoms with Crippen LogP contribution in [0.3, 0.4) is 0 Å². The molecular formula is C24H36N4O. The summed E-state index contributed by atoms with van der Waals surface area (Å²) in [6.07, 6.45) is 9.15. The molecule has 2 amide bonds. The predicted octanol–water partition coefficient (Wildman–Crippen LogP) is 4.53. The van der Waals surface area contributed by atoms with E-state index in [4.69, 9.17) is 4.99 Å². The fourth-order valence-corrected chi connectivity index (χ4v) is 4.87. The van der Waals surface area contributed by atoms with Crippen molar-refractivity contribution in [3.63, 3.8) is 0 Å². The Balaban J connectivity index is 1.55. The van der Waals surface area contributed by atoms with Crippen LogP contribution in [0.4, 0.5) is 4.79 Å². The van der Waals surface area contributed by atoms with E-state index in [2.05, 4.69) is 41.4 Å². The van der Waals surface area contributed by atoms with Gasteiger partial charge < -0.3 is 4.90 Å². The van der Waals surface area contributed by atoms with Gasteiger partial charge in [0.25, 0.3) is 0 Å². The van der Waals surface area contributed by atoms with Gasteiger partial charge in [0, 0.05) is 39.1 Å². The predicted molar refractivity (Wildman–Crippen MR) is 118 cm³/mol. The standard InChI is InChI=1S/C24H36N4O/c1-19-6-5-14-28-17-16-27(18-20-9-11-21(19)12-10-20)15-13-23(26-24(28)29)25-22-7-3-2-4-8-22/h9-12,19,22H,2-8,13-18H2,1H3,(H,25,26,29). The van der Waals surface area contributed by atoms with Crippen LogP contribution >= 0.6 is 0 Å². The van der Waals surface area contributed by atoms with Crippen molar-refractivity contribution in [2.75, 3.05) is 26.2 Å². The van der Waals surface area contributed by atoms with Crippen molar-refractivity contribution in [2.45, 2.75) is 76.8 Å². The molecule has 1 saturated carbocycles. The molecule has 29 heavy (non-hydrogen) atoms. The van der Waals surface area contributed by atoms with Crippen molar-refractivity contribution in [2.24, 2.45) is 4.99 Å². The third-order valence-electron chi connectivity index (χ3n) is 6.82. The summed E-state index contributed by atoms with van der Waals surface area (Å²) in [5.74, 6) is 1.43. The molecule has 5 rings (SSSR count). The summed E-state index contributed by atoms with van der Waals surface area (Å²) in [5.41, 5.74) is 2.76. The van der Waals surface area contributed by atoms with Gasteiger partial charge in [-0.2, -0.15) is 0 Å². The minimum absolute atomic E-state index is 0.0449. The lowest BCUT2D eigenvalue weighted by Gasteiger charge is -2.25. The molecule has 1 aromatic rings. The van der Waals surface area contributed by atoms with E-state index in [9.17, 15) is 4.79 Å². The number of fused-ring (bicyclic) bond motifs is 5. The third kappa shape index (κ3) is 5.59. The van der Waals surface area contributed by atoms with E-state index in [0.29, 0.717) is 12.0 Å². The number of amidine groups is 1. The Morgan fingerprint density at radius 1 is 0.931 bits per heavy atom. The zero-order chi connectivity index (χ0) is 20.1. The number of hydrogen-bond donors (Lipinski definition) is 1. The van der Waals surface area contributed by atoms with Crippen molar-refractivity contribution >= 4 is 11.9 Å². The van der Waals surface area contributed by atoms with Gasteiger partial charge in [0.15, 0.2) is 0 Å². The van der Waals surface area contributed by atoms with E-state index in [-0.39, 0.29) is 6.03 Å². The van der Waals surface area contributed by atoms with Gasteiger partial charge in [0.1, 0.15) is 5.84 Å². The van der Waals surface area contributed by atoms with Crippen molar-refractivity contribution in [1.29, 1.82) is 0 Å². The quantitative estimate of drug-likeness (QED) is 0.758. The van der Waals surface area contributed by atoms with E-state index < -0.39 is 0 Å². The van der Waals surface area contributed by atoms with Crippen LogP contribution < -0.4 is 5.32 Å². The molecular weight excluding hydrogens is 360 g/mol. The molecule has 1 aliphatic carbocycles. The van der Waals surface area contributed by atoms with E-state index >= 15 is 0 Å². The minimum Gasteiger partial charge on any atom is -0.323 e. The lowest BCUT2D eigenvalue weighted by Crippen LogP contribution is -2.44. The molecule has 0 radical (unpaired) electrons. The van der Waals surface area contributed by atoms with Crippen molar-refractivity contribution < 1.29 is 4.79 Å². The van der Waals surface area contributed by atoms with Gasteiger partial charge in [-0.25, -0.2) is 4.79 Å². The Kier molecular flexibility index (Phi) is 6.86. The summed E-state index contributed by atoms with van der Waals surface area (Å²) in [5, 5.41) is 3.19. The molecule has 1 saturated heterocycles. The average Bonchev–Trinajstić information content (AvgIpc) is 2.81. The van der Waals surface area contributed by atoms with Crippen LogP contribution in [0.25, 0.3) is 0 Å². The number of carbonyl (C=O) groups excluding carboxylic acids is 1. The zero-order valence-electron chi connectivity index (χ0n) is 17.9. The maximum absolute atomic E-state index is 13.0. The molecule has 2 unspecified atom stereocenters. The molecule has 3 aliphatic heterocycles. The Bertz CT molecular complexity index is 708. The Hall–Kier alpha value is -1.88. The second kappa shape index (κ2) is 9.75. The topological polar surface area (TPSA) is 47.9 Å². The van der Waals surface area contributed by atoms with Gasteiger partial charge in [0.2, 0.25) is 0 Å². The van der Waals surface area contributed by atoms with Gasteiger partial charge in [-0.1, -0.05) is 50.5 Å². The highest BCUT2D eigenvalue weighted by atomic mass is 16.2. The highest BCUT2D eigenvalue weighted by Gasteiger charge is 2.22. The summed E-state index contributed by atoms with van der Waals surface area (Å²) < 4.78 is 0. The number of benzene rings is 1. The molecule has 0 aromatic heterocycles. The number of nitrogens with zero attached hydrogens (tertiary/aromatic N) is 3. The van der Waals surface area contributed by atoms with Crippen LogP contribution in [0.1, 0.15) is 75.3 Å². The largest absolute Gasteiger partial charge is 0.323 e. The summed E-state index contributed by atoms with van der Waals surface area (Å²) in [6.45, 7) is 6.70. The monoisotopic (exact) mass is 396 g/mol. The maximum atomic E-state index is 13.0. The number of urea groups is 1. The highest BCUT2D eigenvalue weighted by molar-refractivity contribution is 5.97. The van der Waals surface area contributed by atoms with Crippen molar-refractivity contribution in [3.05, 3.63) is 35.4 Å². The molecule has 0 spiro atoms. The number of aliphatic imine (C=N–C) groups is 1. The average molecular weight is 397 g/mol. The summed E-state index contributed by atoms with van der Waals surface area (Å²) in [7, 11) is 0. The Morgan fingerprint density at radius 2 is 1.72 bits per heavy atom. The van der Waals surface area contributed by atoms with Crippen LogP contribution in [0.2, 0.25) is 0 Å². The van der Waals surface area contributed by atoms with Crippen LogP contribution in [0.5, 0.6) is 0 Å². The second-order valence-electron chi connectivity index (χ2n) is 9.10. The maximum Gasteiger partial charge on any atom is 0.322 e. The van der Waals surface area contributed by atoms with E-state index in [1.54, 1.807) is 0 Å². The molecule has 2 fully saturated rings. The SMILES string of the molecule is CC1CCCN2CCN(CCC(=NC3CCCCC3)NC2=O)Cc2ccc1cc2. The van der Waals surface area contributed by atoms with Gasteiger partial charge >= 0.3 is 6.03 Å². The summed E-state index contributed by atoms with van der Waals surface area (Å²) >= 11 is 0. The lowest BCUT2D eigenvalue weighted by atomic mass is 9.95. The van der Waals surface area contributed by atoms with Gasteiger partial charge in [-0.05, 0) is 42.7 Å². The normalized spacial score (nSPS) is 28.7. The van der Waals surface area contributed by atoms with Gasteiger partial charge in [0.05, 0.1) is 6.04 Å². The number of carbonyl (C=O) groups is 1. The molecule has 1 N–H and O–H groups in total. The first-order valence-corrected chi connectivity index (χ1v) is 11.6. The molecule has 3 heterocycles. The fraction of sp³-hybridized carbons (Fsp3) is 0.667. The lowest BCUT2D eigenvalue weighted by molar-refractivity contribution is 0.187. The molecule has 158 valence electrons. The van der Waals surface area contributed by atoms with E-state index in [1.807, 2.05) is 4.90 Å². The van der Waals surface area contributed by atoms with Gasteiger partial charge in [-0.3, -0.25) is 15.2 Å². The first-order valence-electron chi connectivity index (χ1n) is 11.6. The Morgan fingerprint density at radius 3 is 2.52 bits per heavy atom. The third-order valence-corrected chi connectivity index (χ3v) is 6.82. The molecule has 5 heteroatoms. The summed E-state index contributed by atoms with van der Waals surface area (Å²) in [6, 6.07) is 9.60. The number of nitrogens with one attached hydrogen (secondary N) is 1. The van der Waals surface area contributed by atoms with Crippen molar-refractivity contribution in [1.82, 2.24) is 15.1 Å². The Labute approximate surface area is 175 Å². The number of amides is 2. The number of hydrogen-bond acceptors (Lipinski definition) is 3. The zero-order valence-corrected chi connectivity index (χ0v) is 17.9. The van der Waals surface area contributed by atoms with Crippen molar-refractivity contribution in [3.8, 4) is 0 Å². The van der Waals surface area contributed by atoms with E-state index in [1.165, 1.54) is 30.4 Å². The number of rotatable bonds is 1. The first-order chi connectivity index (χ1) is 14.2. The van der Waals surface area contributed by atoms with E-state index in [0.717, 1.165) is 70.7 Å². The fourth-order valence-electron chi connectivity index (χ4n) is 4.87. The summed E-state index contributed by atoms with van der Waals surface area (Å²) in [4.78, 5) is 22.5.